The lowest BCUT2D eigenvalue weighted by Gasteiger charge is -2.41. The first-order valence-corrected chi connectivity index (χ1v) is 12.0. The van der Waals surface area contributed by atoms with Crippen molar-refractivity contribution in [3.8, 4) is 0 Å². The van der Waals surface area contributed by atoms with Crippen molar-refractivity contribution >= 4 is 11.3 Å². The van der Waals surface area contributed by atoms with Gasteiger partial charge in [-0.25, -0.2) is 4.98 Å². The number of thiazole rings is 1. The van der Waals surface area contributed by atoms with Crippen molar-refractivity contribution in [3.05, 3.63) is 86.9 Å². The predicted molar refractivity (Wildman–Crippen MR) is 121 cm³/mol. The van der Waals surface area contributed by atoms with Gasteiger partial charge in [-0.2, -0.15) is 26.3 Å². The molecule has 10 heteroatoms. The van der Waals surface area contributed by atoms with E-state index in [-0.39, 0.29) is 24.3 Å². The molecular formula is C25H24F6N2OS. The molecule has 0 amide bonds. The fraction of sp³-hybridized carbons (Fsp3) is 0.400. The molecule has 35 heavy (non-hydrogen) atoms. The third-order valence-corrected chi connectivity index (χ3v) is 6.79. The molecule has 1 saturated heterocycles. The molecule has 0 spiro atoms. The number of rotatable bonds is 6. The average Bonchev–Trinajstić information content (AvgIpc) is 3.21. The quantitative estimate of drug-likeness (QED) is 0.320. The molecule has 188 valence electrons. The molecule has 0 saturated carbocycles. The largest absolute Gasteiger partial charge is 0.416 e. The zero-order valence-electron chi connectivity index (χ0n) is 18.9. The van der Waals surface area contributed by atoms with Gasteiger partial charge in [-0.05, 0) is 55.6 Å². The van der Waals surface area contributed by atoms with E-state index in [9.17, 15) is 26.3 Å². The standard InChI is InChI=1S/C25H24F6N2OS/c1-16-32-21(15-35-16)13-33-9-5-8-22(23(33)18-6-3-2-4-7-18)34-14-17-10-19(24(26,27)28)12-20(11-17)25(29,30)31/h2-4,6-7,10-12,15,22-23H,5,8-9,13-14H2,1H3/t22-,23-/m0/s1. The molecule has 3 aromatic rings. The normalized spacial score (nSPS) is 19.7. The van der Waals surface area contributed by atoms with Crippen molar-refractivity contribution < 1.29 is 31.1 Å². The third kappa shape index (κ3) is 6.42. The second-order valence-electron chi connectivity index (χ2n) is 8.59. The number of ether oxygens (including phenoxy) is 1. The van der Waals surface area contributed by atoms with Crippen LogP contribution >= 0.6 is 11.3 Å². The number of likely N-dealkylation sites (tertiary alicyclic amines) is 1. The number of benzene rings is 2. The average molecular weight is 515 g/mol. The van der Waals surface area contributed by atoms with E-state index in [1.54, 1.807) is 11.3 Å². The third-order valence-electron chi connectivity index (χ3n) is 5.96. The van der Waals surface area contributed by atoms with E-state index < -0.39 is 29.6 Å². The minimum absolute atomic E-state index is 0.133. The zero-order chi connectivity index (χ0) is 25.2. The summed E-state index contributed by atoms with van der Waals surface area (Å²) in [5.74, 6) is 0. The van der Waals surface area contributed by atoms with Crippen molar-refractivity contribution in [2.75, 3.05) is 6.54 Å². The van der Waals surface area contributed by atoms with Crippen molar-refractivity contribution in [1.29, 1.82) is 0 Å². The van der Waals surface area contributed by atoms with E-state index in [1.807, 2.05) is 42.6 Å². The van der Waals surface area contributed by atoms with E-state index in [4.69, 9.17) is 4.74 Å². The molecule has 2 aromatic carbocycles. The number of halogens is 6. The van der Waals surface area contributed by atoms with Crippen LogP contribution in [0.4, 0.5) is 26.3 Å². The molecule has 0 unspecified atom stereocenters. The second kappa shape index (κ2) is 10.3. The van der Waals surface area contributed by atoms with E-state index in [1.165, 1.54) is 0 Å². The van der Waals surface area contributed by atoms with Crippen molar-refractivity contribution in [2.24, 2.45) is 0 Å². The van der Waals surface area contributed by atoms with Gasteiger partial charge in [0.1, 0.15) is 0 Å². The molecule has 2 atom stereocenters. The summed E-state index contributed by atoms with van der Waals surface area (Å²) in [6, 6.07) is 11.0. The summed E-state index contributed by atoms with van der Waals surface area (Å²) in [6.07, 6.45) is -8.77. The topological polar surface area (TPSA) is 25.4 Å². The van der Waals surface area contributed by atoms with Crippen LogP contribution in [0, 0.1) is 6.92 Å². The predicted octanol–water partition coefficient (Wildman–Crippen LogP) is 7.41. The van der Waals surface area contributed by atoms with Crippen LogP contribution in [0.1, 0.15) is 51.8 Å². The minimum atomic E-state index is -4.89. The maximum absolute atomic E-state index is 13.3. The molecule has 1 aliphatic heterocycles. The van der Waals surface area contributed by atoms with Crippen LogP contribution in [0.2, 0.25) is 0 Å². The second-order valence-corrected chi connectivity index (χ2v) is 9.65. The van der Waals surface area contributed by atoms with E-state index in [0.717, 1.165) is 41.4 Å². The van der Waals surface area contributed by atoms with E-state index >= 15 is 0 Å². The number of aromatic nitrogens is 1. The number of hydrogen-bond acceptors (Lipinski definition) is 4. The van der Waals surface area contributed by atoms with Crippen molar-refractivity contribution in [2.45, 2.75) is 57.4 Å². The smallest absolute Gasteiger partial charge is 0.372 e. The highest BCUT2D eigenvalue weighted by Crippen LogP contribution is 2.38. The lowest BCUT2D eigenvalue weighted by molar-refractivity contribution is -0.143. The highest BCUT2D eigenvalue weighted by atomic mass is 32.1. The SMILES string of the molecule is Cc1nc(CN2CCC[C@H](OCc3cc(C(F)(F)F)cc(C(F)(F)F)c3)[C@@H]2c2ccccc2)cs1. The molecule has 0 bridgehead atoms. The van der Waals surface area contributed by atoms with E-state index in [0.29, 0.717) is 13.0 Å². The highest BCUT2D eigenvalue weighted by molar-refractivity contribution is 7.09. The Kier molecular flexibility index (Phi) is 7.54. The molecule has 2 heterocycles. The number of hydrogen-bond donors (Lipinski definition) is 0. The summed E-state index contributed by atoms with van der Waals surface area (Å²) in [5.41, 5.74) is -0.943. The summed E-state index contributed by atoms with van der Waals surface area (Å²) in [4.78, 5) is 6.75. The summed E-state index contributed by atoms with van der Waals surface area (Å²) in [7, 11) is 0. The molecule has 1 fully saturated rings. The Morgan fingerprint density at radius 1 is 1.00 bits per heavy atom. The van der Waals surface area contributed by atoms with Crippen molar-refractivity contribution in [3.63, 3.8) is 0 Å². The minimum Gasteiger partial charge on any atom is -0.372 e. The molecule has 0 N–H and O–H groups in total. The first-order chi connectivity index (χ1) is 16.5. The van der Waals surface area contributed by atoms with Gasteiger partial charge in [0.05, 0.1) is 40.6 Å². The summed E-state index contributed by atoms with van der Waals surface area (Å²) in [5, 5.41) is 2.94. The van der Waals surface area contributed by atoms with Gasteiger partial charge in [0, 0.05) is 11.9 Å². The van der Waals surface area contributed by atoms with Crippen LogP contribution < -0.4 is 0 Å². The Morgan fingerprint density at radius 3 is 2.23 bits per heavy atom. The summed E-state index contributed by atoms with van der Waals surface area (Å²) in [6.45, 7) is 2.92. The Balaban J connectivity index is 1.59. The van der Waals surface area contributed by atoms with Gasteiger partial charge >= 0.3 is 12.4 Å². The molecule has 1 aromatic heterocycles. The molecule has 3 nitrogen and oxygen atoms in total. The fourth-order valence-corrected chi connectivity index (χ4v) is 5.05. The van der Waals surface area contributed by atoms with Gasteiger partial charge < -0.3 is 4.74 Å². The van der Waals surface area contributed by atoms with Gasteiger partial charge in [0.2, 0.25) is 0 Å². The summed E-state index contributed by atoms with van der Waals surface area (Å²) < 4.78 is 85.6. The molecule has 1 aliphatic rings. The number of aryl methyl sites for hydroxylation is 1. The Hall–Kier alpha value is -2.43. The Morgan fingerprint density at radius 2 is 1.66 bits per heavy atom. The molecule has 4 rings (SSSR count). The maximum atomic E-state index is 13.3. The van der Waals surface area contributed by atoms with Crippen LogP contribution in [0.5, 0.6) is 0 Å². The number of piperidine rings is 1. The van der Waals surface area contributed by atoms with Gasteiger partial charge in [-0.15, -0.1) is 11.3 Å². The number of nitrogens with zero attached hydrogens (tertiary/aromatic N) is 2. The van der Waals surface area contributed by atoms with Gasteiger partial charge in [-0.3, -0.25) is 4.90 Å². The monoisotopic (exact) mass is 514 g/mol. The van der Waals surface area contributed by atoms with Crippen LogP contribution in [0.25, 0.3) is 0 Å². The van der Waals surface area contributed by atoms with Crippen LogP contribution in [0.15, 0.2) is 53.9 Å². The first-order valence-electron chi connectivity index (χ1n) is 11.1. The van der Waals surface area contributed by atoms with Crippen LogP contribution in [-0.4, -0.2) is 22.5 Å². The zero-order valence-corrected chi connectivity index (χ0v) is 19.7. The fourth-order valence-electron chi connectivity index (χ4n) is 4.45. The first kappa shape index (κ1) is 25.7. The van der Waals surface area contributed by atoms with Crippen molar-refractivity contribution in [1.82, 2.24) is 9.88 Å². The van der Waals surface area contributed by atoms with Gasteiger partial charge in [0.15, 0.2) is 0 Å². The van der Waals surface area contributed by atoms with Crippen LogP contribution in [-0.2, 0) is 30.2 Å². The molecule has 0 aliphatic carbocycles. The maximum Gasteiger partial charge on any atom is 0.416 e. The van der Waals surface area contributed by atoms with E-state index in [2.05, 4.69) is 9.88 Å². The summed E-state index contributed by atoms with van der Waals surface area (Å²) >= 11 is 1.55. The Labute approximate surface area is 203 Å². The van der Waals surface area contributed by atoms with Gasteiger partial charge in [0.25, 0.3) is 0 Å². The number of alkyl halides is 6. The van der Waals surface area contributed by atoms with Crippen LogP contribution in [0.3, 0.4) is 0 Å². The molecular weight excluding hydrogens is 490 g/mol. The lowest BCUT2D eigenvalue weighted by atomic mass is 9.92. The lowest BCUT2D eigenvalue weighted by Crippen LogP contribution is -2.42. The molecule has 0 radical (unpaired) electrons. The Bertz CT molecular complexity index is 1100. The van der Waals surface area contributed by atoms with Gasteiger partial charge in [-0.1, -0.05) is 30.3 Å². The highest BCUT2D eigenvalue weighted by Gasteiger charge is 2.38.